The maximum absolute atomic E-state index is 8.46. The molecule has 0 radical (unpaired) electrons. The van der Waals surface area contributed by atoms with Crippen LogP contribution in [-0.2, 0) is 4.74 Å². The summed E-state index contributed by atoms with van der Waals surface area (Å²) in [5.74, 6) is 0. The third-order valence-electron chi connectivity index (χ3n) is 2.16. The number of rotatable bonds is 6. The predicted octanol–water partition coefficient (Wildman–Crippen LogP) is 1.88. The fraction of sp³-hybridized carbons (Fsp3) is 0.417. The summed E-state index contributed by atoms with van der Waals surface area (Å²) in [6, 6.07) is 12.4. The number of hydrogen-bond donors (Lipinski definition) is 1. The molecule has 1 N–H and O–H groups in total. The van der Waals surface area contributed by atoms with Gasteiger partial charge in [0.1, 0.15) is 0 Å². The maximum Gasteiger partial charge on any atom is 0.0657 e. The van der Waals surface area contributed by atoms with Crippen LogP contribution in [0, 0.1) is 11.3 Å². The summed E-state index contributed by atoms with van der Waals surface area (Å²) in [7, 11) is 1.68. The van der Waals surface area contributed by atoms with Gasteiger partial charge in [-0.3, -0.25) is 0 Å². The number of hydrogen-bond acceptors (Lipinski definition) is 3. The van der Waals surface area contributed by atoms with E-state index < -0.39 is 0 Å². The summed E-state index contributed by atoms with van der Waals surface area (Å²) >= 11 is 0. The number of nitrogens with zero attached hydrogens (tertiary/aromatic N) is 1. The summed E-state index contributed by atoms with van der Waals surface area (Å²) in [6.45, 7) is 1.31. The third-order valence-corrected chi connectivity index (χ3v) is 2.16. The molecule has 3 nitrogen and oxygen atoms in total. The van der Waals surface area contributed by atoms with Crippen LogP contribution in [0.3, 0.4) is 0 Å². The first kappa shape index (κ1) is 11.7. The van der Waals surface area contributed by atoms with Crippen LogP contribution in [0.25, 0.3) is 0 Å². The van der Waals surface area contributed by atoms with Crippen molar-refractivity contribution in [1.29, 1.82) is 5.26 Å². The van der Waals surface area contributed by atoms with Crippen LogP contribution in [0.1, 0.15) is 18.0 Å². The first-order valence-electron chi connectivity index (χ1n) is 5.02. The van der Waals surface area contributed by atoms with Crippen molar-refractivity contribution in [2.24, 2.45) is 0 Å². The highest BCUT2D eigenvalue weighted by atomic mass is 16.5. The molecular formula is C12H16N2O. The van der Waals surface area contributed by atoms with Crippen molar-refractivity contribution in [3.05, 3.63) is 35.9 Å². The van der Waals surface area contributed by atoms with Crippen LogP contribution in [0.2, 0.25) is 0 Å². The fourth-order valence-electron chi connectivity index (χ4n) is 1.43. The molecule has 0 amide bonds. The van der Waals surface area contributed by atoms with Gasteiger partial charge in [-0.05, 0) is 5.56 Å². The van der Waals surface area contributed by atoms with Crippen LogP contribution >= 0.6 is 0 Å². The van der Waals surface area contributed by atoms with E-state index in [0.717, 1.165) is 0 Å². The minimum Gasteiger partial charge on any atom is -0.383 e. The summed E-state index contributed by atoms with van der Waals surface area (Å²) in [5.41, 5.74) is 1.19. The molecule has 1 unspecified atom stereocenters. The van der Waals surface area contributed by atoms with Crippen molar-refractivity contribution in [3.8, 4) is 6.07 Å². The van der Waals surface area contributed by atoms with Gasteiger partial charge in [-0.15, -0.1) is 0 Å². The Morgan fingerprint density at radius 3 is 2.73 bits per heavy atom. The predicted molar refractivity (Wildman–Crippen MR) is 59.3 cm³/mol. The Labute approximate surface area is 90.7 Å². The highest BCUT2D eigenvalue weighted by Gasteiger charge is 2.08. The normalized spacial score (nSPS) is 12.0. The van der Waals surface area contributed by atoms with Gasteiger partial charge in [-0.2, -0.15) is 5.26 Å². The van der Waals surface area contributed by atoms with E-state index in [0.29, 0.717) is 19.6 Å². The highest BCUT2D eigenvalue weighted by Crippen LogP contribution is 2.12. The second-order valence-corrected chi connectivity index (χ2v) is 3.28. The highest BCUT2D eigenvalue weighted by molar-refractivity contribution is 5.18. The lowest BCUT2D eigenvalue weighted by molar-refractivity contribution is 0.167. The van der Waals surface area contributed by atoms with Crippen LogP contribution in [0.5, 0.6) is 0 Å². The molecule has 0 fully saturated rings. The van der Waals surface area contributed by atoms with Gasteiger partial charge in [-0.25, -0.2) is 0 Å². The van der Waals surface area contributed by atoms with E-state index in [1.807, 2.05) is 18.2 Å². The molecule has 1 aromatic carbocycles. The SMILES string of the molecule is COCC(NCCC#N)c1ccccc1. The average molecular weight is 204 g/mol. The number of benzene rings is 1. The maximum atomic E-state index is 8.46. The van der Waals surface area contributed by atoms with Gasteiger partial charge in [0.15, 0.2) is 0 Å². The number of methoxy groups -OCH3 is 1. The van der Waals surface area contributed by atoms with Crippen molar-refractivity contribution in [2.75, 3.05) is 20.3 Å². The van der Waals surface area contributed by atoms with Gasteiger partial charge in [0.25, 0.3) is 0 Å². The fourth-order valence-corrected chi connectivity index (χ4v) is 1.43. The molecule has 0 aliphatic carbocycles. The van der Waals surface area contributed by atoms with Crippen molar-refractivity contribution in [2.45, 2.75) is 12.5 Å². The van der Waals surface area contributed by atoms with Gasteiger partial charge in [0.05, 0.1) is 18.7 Å². The smallest absolute Gasteiger partial charge is 0.0657 e. The Kier molecular flexibility index (Phi) is 5.46. The first-order valence-corrected chi connectivity index (χ1v) is 5.02. The zero-order valence-electron chi connectivity index (χ0n) is 8.94. The molecule has 15 heavy (non-hydrogen) atoms. The largest absolute Gasteiger partial charge is 0.383 e. The van der Waals surface area contributed by atoms with Gasteiger partial charge in [0, 0.05) is 20.1 Å². The molecule has 0 aliphatic rings. The monoisotopic (exact) mass is 204 g/mol. The van der Waals surface area contributed by atoms with Crippen LogP contribution in [0.15, 0.2) is 30.3 Å². The zero-order chi connectivity index (χ0) is 10.9. The summed E-state index contributed by atoms with van der Waals surface area (Å²) < 4.78 is 5.14. The summed E-state index contributed by atoms with van der Waals surface area (Å²) in [5, 5.41) is 11.7. The Balaban J connectivity index is 2.54. The molecule has 1 rings (SSSR count). The van der Waals surface area contributed by atoms with Crippen LogP contribution < -0.4 is 5.32 Å². The number of ether oxygens (including phenoxy) is 1. The van der Waals surface area contributed by atoms with Crippen LogP contribution in [0.4, 0.5) is 0 Å². The van der Waals surface area contributed by atoms with Crippen molar-refractivity contribution in [1.82, 2.24) is 5.32 Å². The van der Waals surface area contributed by atoms with Gasteiger partial charge in [0.2, 0.25) is 0 Å². The van der Waals surface area contributed by atoms with Gasteiger partial charge in [-0.1, -0.05) is 30.3 Å². The molecule has 0 bridgehead atoms. The molecule has 1 aromatic rings. The quantitative estimate of drug-likeness (QED) is 0.719. The first-order chi connectivity index (χ1) is 7.38. The molecular weight excluding hydrogens is 188 g/mol. The second-order valence-electron chi connectivity index (χ2n) is 3.28. The summed E-state index contributed by atoms with van der Waals surface area (Å²) in [6.07, 6.45) is 0.521. The van der Waals surface area contributed by atoms with E-state index in [4.69, 9.17) is 10.00 Å². The van der Waals surface area contributed by atoms with E-state index in [2.05, 4.69) is 23.5 Å². The Morgan fingerprint density at radius 2 is 2.13 bits per heavy atom. The van der Waals surface area contributed by atoms with E-state index in [1.54, 1.807) is 7.11 Å². The lowest BCUT2D eigenvalue weighted by Gasteiger charge is -2.17. The molecule has 80 valence electrons. The van der Waals surface area contributed by atoms with E-state index >= 15 is 0 Å². The molecule has 3 heteroatoms. The van der Waals surface area contributed by atoms with Crippen molar-refractivity contribution >= 4 is 0 Å². The van der Waals surface area contributed by atoms with E-state index in [1.165, 1.54) is 5.56 Å². The van der Waals surface area contributed by atoms with Gasteiger partial charge < -0.3 is 10.1 Å². The zero-order valence-corrected chi connectivity index (χ0v) is 8.94. The van der Waals surface area contributed by atoms with Crippen molar-refractivity contribution < 1.29 is 4.74 Å². The Morgan fingerprint density at radius 1 is 1.40 bits per heavy atom. The van der Waals surface area contributed by atoms with Crippen LogP contribution in [-0.4, -0.2) is 20.3 Å². The number of nitrogens with one attached hydrogen (secondary N) is 1. The topological polar surface area (TPSA) is 45.0 Å². The average Bonchev–Trinajstić information content (AvgIpc) is 2.29. The minimum atomic E-state index is 0.171. The van der Waals surface area contributed by atoms with Crippen molar-refractivity contribution in [3.63, 3.8) is 0 Å². The molecule has 0 aromatic heterocycles. The molecule has 0 saturated heterocycles. The Hall–Kier alpha value is -1.37. The minimum absolute atomic E-state index is 0.171. The molecule has 0 heterocycles. The lowest BCUT2D eigenvalue weighted by Crippen LogP contribution is -2.25. The Bertz CT molecular complexity index is 305. The number of nitriles is 1. The summed E-state index contributed by atoms with van der Waals surface area (Å²) in [4.78, 5) is 0. The lowest BCUT2D eigenvalue weighted by atomic mass is 10.1. The van der Waals surface area contributed by atoms with Gasteiger partial charge >= 0.3 is 0 Å². The molecule has 0 spiro atoms. The van der Waals surface area contributed by atoms with E-state index in [9.17, 15) is 0 Å². The second kappa shape index (κ2) is 6.99. The third kappa shape index (κ3) is 4.11. The molecule has 0 aliphatic heterocycles. The van der Waals surface area contributed by atoms with E-state index in [-0.39, 0.29) is 6.04 Å². The molecule has 1 atom stereocenters. The molecule has 0 saturated carbocycles. The standard InChI is InChI=1S/C12H16N2O/c1-15-10-12(14-9-5-8-13)11-6-3-2-4-7-11/h2-4,6-7,12,14H,5,9-10H2,1H3.